The molecule has 3 heteroatoms. The van der Waals surface area contributed by atoms with Gasteiger partial charge in [-0.15, -0.1) is 0 Å². The molecule has 0 heterocycles. The van der Waals surface area contributed by atoms with Gasteiger partial charge in [-0.25, -0.2) is 0 Å². The van der Waals surface area contributed by atoms with Gasteiger partial charge in [-0.2, -0.15) is 0 Å². The van der Waals surface area contributed by atoms with Crippen molar-refractivity contribution < 1.29 is 0 Å². The molecule has 0 saturated heterocycles. The van der Waals surface area contributed by atoms with Crippen molar-refractivity contribution in [1.82, 2.24) is 0 Å². The molecular formula is C26H23Br2P. The van der Waals surface area contributed by atoms with Crippen LogP contribution in [0.25, 0.3) is 0 Å². The molecule has 4 rings (SSSR count). The summed E-state index contributed by atoms with van der Waals surface area (Å²) in [6.45, 7) is 0. The molecule has 0 aromatic heterocycles. The van der Waals surface area contributed by atoms with Crippen molar-refractivity contribution in [3.63, 3.8) is 0 Å². The van der Waals surface area contributed by atoms with Crippen LogP contribution in [0.4, 0.5) is 0 Å². The van der Waals surface area contributed by atoms with Gasteiger partial charge in [0.15, 0.2) is 0 Å². The fourth-order valence-electron chi connectivity index (χ4n) is 4.01. The van der Waals surface area contributed by atoms with Crippen LogP contribution in [0.1, 0.15) is 11.1 Å². The minimum atomic E-state index is -2.91. The van der Waals surface area contributed by atoms with Crippen molar-refractivity contribution in [2.24, 2.45) is 0 Å². The maximum atomic E-state index is 4.51. The predicted octanol–water partition coefficient (Wildman–Crippen LogP) is 6.92. The molecule has 0 aliphatic carbocycles. The Morgan fingerprint density at radius 3 is 1.17 bits per heavy atom. The van der Waals surface area contributed by atoms with E-state index in [1.54, 1.807) is 0 Å². The fourth-order valence-corrected chi connectivity index (χ4v) is 12.1. The third-order valence-corrected chi connectivity index (χ3v) is 15.7. The second kappa shape index (κ2) is 8.56. The molecule has 0 radical (unpaired) electrons. The summed E-state index contributed by atoms with van der Waals surface area (Å²) in [5.74, 6) is 0. The van der Waals surface area contributed by atoms with Gasteiger partial charge in [0.05, 0.1) is 0 Å². The standard InChI is InChI=1S/C26H23Br2P/c27-20-22-16-18-23(19-17-22)21-29(28,24-10-4-1-5-11-24,25-12-6-2-7-13-25)26-14-8-3-9-15-26/h1-19H,20-21H2. The van der Waals surface area contributed by atoms with Gasteiger partial charge in [-0.05, 0) is 0 Å². The first kappa shape index (κ1) is 20.5. The van der Waals surface area contributed by atoms with Crippen molar-refractivity contribution >= 4 is 52.6 Å². The first-order valence-electron chi connectivity index (χ1n) is 9.68. The Morgan fingerprint density at radius 1 is 0.483 bits per heavy atom. The zero-order valence-electron chi connectivity index (χ0n) is 16.1. The van der Waals surface area contributed by atoms with E-state index in [1.807, 2.05) is 0 Å². The van der Waals surface area contributed by atoms with Crippen LogP contribution in [0.15, 0.2) is 115 Å². The number of halogens is 2. The Hall–Kier alpha value is -1.73. The van der Waals surface area contributed by atoms with Gasteiger partial charge in [0.2, 0.25) is 0 Å². The van der Waals surface area contributed by atoms with E-state index in [2.05, 4.69) is 147 Å². The Morgan fingerprint density at radius 2 is 0.828 bits per heavy atom. The Bertz CT molecular complexity index is 963. The van der Waals surface area contributed by atoms with E-state index in [0.717, 1.165) is 11.5 Å². The van der Waals surface area contributed by atoms with E-state index in [4.69, 9.17) is 0 Å². The molecule has 0 saturated carbocycles. The molecule has 0 bridgehead atoms. The first-order chi connectivity index (χ1) is 14.1. The van der Waals surface area contributed by atoms with E-state index < -0.39 is 5.31 Å². The zero-order valence-corrected chi connectivity index (χ0v) is 20.2. The summed E-state index contributed by atoms with van der Waals surface area (Å²) < 4.78 is 0. The van der Waals surface area contributed by atoms with Crippen LogP contribution >= 0.6 is 36.7 Å². The molecule has 4 aromatic carbocycles. The second-order valence-electron chi connectivity index (χ2n) is 7.30. The van der Waals surface area contributed by atoms with Gasteiger partial charge in [0.25, 0.3) is 0 Å². The van der Waals surface area contributed by atoms with Crippen molar-refractivity contribution in [1.29, 1.82) is 0 Å². The van der Waals surface area contributed by atoms with Gasteiger partial charge in [0.1, 0.15) is 0 Å². The van der Waals surface area contributed by atoms with Gasteiger partial charge >= 0.3 is 191 Å². The Labute approximate surface area is 189 Å². The van der Waals surface area contributed by atoms with Crippen LogP contribution in [0.3, 0.4) is 0 Å². The summed E-state index contributed by atoms with van der Waals surface area (Å²) >= 11 is 8.07. The van der Waals surface area contributed by atoms with Crippen LogP contribution < -0.4 is 15.9 Å². The summed E-state index contributed by atoms with van der Waals surface area (Å²) in [6.07, 6.45) is 0.923. The van der Waals surface area contributed by atoms with Crippen molar-refractivity contribution in [2.75, 3.05) is 0 Å². The average molecular weight is 526 g/mol. The monoisotopic (exact) mass is 524 g/mol. The molecule has 0 N–H and O–H groups in total. The molecule has 146 valence electrons. The number of benzene rings is 4. The summed E-state index contributed by atoms with van der Waals surface area (Å²) in [5.41, 5.74) is 2.63. The molecule has 0 fully saturated rings. The Balaban J connectivity index is 2.03. The van der Waals surface area contributed by atoms with Crippen LogP contribution in [-0.2, 0) is 11.5 Å². The topological polar surface area (TPSA) is 0 Å². The van der Waals surface area contributed by atoms with E-state index in [1.165, 1.54) is 27.0 Å². The van der Waals surface area contributed by atoms with Gasteiger partial charge in [-0.3, -0.25) is 0 Å². The zero-order chi connectivity index (χ0) is 20.2. The van der Waals surface area contributed by atoms with E-state index >= 15 is 0 Å². The molecule has 0 nitrogen and oxygen atoms in total. The number of alkyl halides is 1. The summed E-state index contributed by atoms with van der Waals surface area (Å²) in [4.78, 5) is 0. The maximum absolute atomic E-state index is 4.51. The molecule has 29 heavy (non-hydrogen) atoms. The summed E-state index contributed by atoms with van der Waals surface area (Å²) in [6, 6.07) is 41.8. The first-order valence-corrected chi connectivity index (χ1v) is 15.2. The predicted molar refractivity (Wildman–Crippen MR) is 137 cm³/mol. The van der Waals surface area contributed by atoms with E-state index in [0.29, 0.717) is 0 Å². The van der Waals surface area contributed by atoms with Crippen molar-refractivity contribution in [3.8, 4) is 0 Å². The van der Waals surface area contributed by atoms with Gasteiger partial charge < -0.3 is 0 Å². The van der Waals surface area contributed by atoms with Gasteiger partial charge in [-0.1, -0.05) is 0 Å². The SMILES string of the molecule is BrCc1ccc(CP(Br)(c2ccccc2)(c2ccccc2)c2ccccc2)cc1. The molecule has 0 atom stereocenters. The van der Waals surface area contributed by atoms with Crippen LogP contribution in [-0.4, -0.2) is 0 Å². The minimum absolute atomic E-state index is 0.876. The Kier molecular flexibility index (Phi) is 6.06. The van der Waals surface area contributed by atoms with E-state index in [9.17, 15) is 0 Å². The molecule has 4 aromatic rings. The normalized spacial score (nSPS) is 12.8. The summed E-state index contributed by atoms with van der Waals surface area (Å²) in [7, 11) is 0. The average Bonchev–Trinajstić information content (AvgIpc) is 2.81. The third kappa shape index (κ3) is 3.75. The molecule has 0 aliphatic rings. The quantitative estimate of drug-likeness (QED) is 0.189. The third-order valence-electron chi connectivity index (χ3n) is 5.54. The van der Waals surface area contributed by atoms with Crippen LogP contribution in [0, 0.1) is 0 Å². The number of hydrogen-bond donors (Lipinski definition) is 0. The molecule has 0 spiro atoms. The van der Waals surface area contributed by atoms with Crippen molar-refractivity contribution in [3.05, 3.63) is 126 Å². The van der Waals surface area contributed by atoms with E-state index in [-0.39, 0.29) is 0 Å². The number of hydrogen-bond acceptors (Lipinski definition) is 0. The molecule has 0 amide bonds. The fraction of sp³-hybridized carbons (Fsp3) is 0.0769. The molecule has 0 unspecified atom stereocenters. The number of rotatable bonds is 6. The molecule has 0 aliphatic heterocycles. The van der Waals surface area contributed by atoms with Crippen LogP contribution in [0.2, 0.25) is 0 Å². The van der Waals surface area contributed by atoms with Crippen LogP contribution in [0.5, 0.6) is 0 Å². The van der Waals surface area contributed by atoms with Gasteiger partial charge in [0, 0.05) is 0 Å². The second-order valence-corrected chi connectivity index (χ2v) is 16.8. The summed E-state index contributed by atoms with van der Waals surface area (Å²) in [5, 5.41) is 2.01. The van der Waals surface area contributed by atoms with Crippen molar-refractivity contribution in [2.45, 2.75) is 11.5 Å². The molecular weight excluding hydrogens is 503 g/mol.